The molecule has 0 aliphatic rings. The normalized spacial score (nSPS) is 11.3. The summed E-state index contributed by atoms with van der Waals surface area (Å²) in [5, 5.41) is 4.72. The standard InChI is InChI=1S/C21H34N2O4/c1-7-22-18(24)16-20(3,4)10-14-26-12-9-13-27-15-11-21(5,6)17-19(25)23-8-2/h1-2H,9-17H2,3-6H3,(H,22,24)(H,23,25). The third-order valence-electron chi connectivity index (χ3n) is 4.13. The van der Waals surface area contributed by atoms with Crippen LogP contribution >= 0.6 is 0 Å². The third kappa shape index (κ3) is 14.8. The Labute approximate surface area is 164 Å². The molecule has 0 aliphatic heterocycles. The molecule has 6 heteroatoms. The van der Waals surface area contributed by atoms with Crippen LogP contribution in [-0.2, 0) is 19.1 Å². The molecule has 0 spiro atoms. The lowest BCUT2D eigenvalue weighted by molar-refractivity contribution is -0.123. The van der Waals surface area contributed by atoms with Gasteiger partial charge in [0.25, 0.3) is 0 Å². The van der Waals surface area contributed by atoms with Gasteiger partial charge in [0.1, 0.15) is 0 Å². The molecule has 27 heavy (non-hydrogen) atoms. The first-order chi connectivity index (χ1) is 12.6. The van der Waals surface area contributed by atoms with Gasteiger partial charge in [-0.15, -0.1) is 0 Å². The van der Waals surface area contributed by atoms with Crippen LogP contribution in [0.2, 0.25) is 0 Å². The van der Waals surface area contributed by atoms with Crippen LogP contribution < -0.4 is 10.6 Å². The molecule has 0 bridgehead atoms. The lowest BCUT2D eigenvalue weighted by Crippen LogP contribution is -2.26. The maximum absolute atomic E-state index is 11.5. The Hall–Kier alpha value is -2.02. The van der Waals surface area contributed by atoms with Crippen LogP contribution in [0, 0.1) is 35.8 Å². The summed E-state index contributed by atoms with van der Waals surface area (Å²) in [6.07, 6.45) is 13.2. The second-order valence-corrected chi connectivity index (χ2v) is 8.15. The fraction of sp³-hybridized carbons (Fsp3) is 0.714. The highest BCUT2D eigenvalue weighted by atomic mass is 16.5. The lowest BCUT2D eigenvalue weighted by Gasteiger charge is -2.23. The molecule has 152 valence electrons. The van der Waals surface area contributed by atoms with E-state index in [9.17, 15) is 9.59 Å². The van der Waals surface area contributed by atoms with E-state index in [0.717, 1.165) is 19.3 Å². The van der Waals surface area contributed by atoms with Gasteiger partial charge in [-0.2, -0.15) is 0 Å². The van der Waals surface area contributed by atoms with E-state index < -0.39 is 0 Å². The number of terminal acetylenes is 2. The number of rotatable bonds is 14. The average molecular weight is 379 g/mol. The van der Waals surface area contributed by atoms with Gasteiger partial charge in [0.15, 0.2) is 0 Å². The Morgan fingerprint density at radius 3 is 1.48 bits per heavy atom. The van der Waals surface area contributed by atoms with Crippen LogP contribution in [0.1, 0.15) is 59.8 Å². The highest BCUT2D eigenvalue weighted by Crippen LogP contribution is 2.25. The van der Waals surface area contributed by atoms with Gasteiger partial charge in [-0.1, -0.05) is 40.5 Å². The van der Waals surface area contributed by atoms with Crippen molar-refractivity contribution in [3.63, 3.8) is 0 Å². The smallest absolute Gasteiger partial charge is 0.231 e. The minimum atomic E-state index is -0.158. The Kier molecular flexibility index (Phi) is 12.2. The minimum absolute atomic E-state index is 0.143. The molecular formula is C21H34N2O4. The van der Waals surface area contributed by atoms with E-state index in [0.29, 0.717) is 39.3 Å². The van der Waals surface area contributed by atoms with Gasteiger partial charge in [-0.25, -0.2) is 0 Å². The van der Waals surface area contributed by atoms with Crippen molar-refractivity contribution in [3.8, 4) is 24.9 Å². The minimum Gasteiger partial charge on any atom is -0.381 e. The number of hydrogen-bond donors (Lipinski definition) is 2. The number of carbonyl (C=O) groups is 2. The van der Waals surface area contributed by atoms with Crippen LogP contribution in [0.15, 0.2) is 0 Å². The van der Waals surface area contributed by atoms with Crippen molar-refractivity contribution in [3.05, 3.63) is 0 Å². The Morgan fingerprint density at radius 1 is 0.778 bits per heavy atom. The van der Waals surface area contributed by atoms with Gasteiger partial charge in [-0.05, 0) is 30.1 Å². The molecule has 0 saturated carbocycles. The van der Waals surface area contributed by atoms with Crippen LogP contribution in [0.4, 0.5) is 0 Å². The molecule has 0 aromatic heterocycles. The fourth-order valence-electron chi connectivity index (χ4n) is 2.46. The number of ether oxygens (including phenoxy) is 2. The predicted molar refractivity (Wildman–Crippen MR) is 106 cm³/mol. The van der Waals surface area contributed by atoms with Crippen molar-refractivity contribution in [1.29, 1.82) is 0 Å². The molecule has 0 radical (unpaired) electrons. The zero-order valence-electron chi connectivity index (χ0n) is 17.2. The maximum Gasteiger partial charge on any atom is 0.231 e. The van der Waals surface area contributed by atoms with E-state index in [1.54, 1.807) is 0 Å². The highest BCUT2D eigenvalue weighted by Gasteiger charge is 2.22. The molecule has 2 amide bonds. The quantitative estimate of drug-likeness (QED) is 0.276. The van der Waals surface area contributed by atoms with Gasteiger partial charge in [0.05, 0.1) is 0 Å². The highest BCUT2D eigenvalue weighted by molar-refractivity contribution is 5.78. The molecule has 0 aromatic rings. The van der Waals surface area contributed by atoms with Crippen LogP contribution in [0.25, 0.3) is 0 Å². The first kappa shape index (κ1) is 25.0. The number of hydrogen-bond acceptors (Lipinski definition) is 4. The van der Waals surface area contributed by atoms with Gasteiger partial charge >= 0.3 is 0 Å². The summed E-state index contributed by atoms with van der Waals surface area (Å²) in [4.78, 5) is 23.0. The number of nitrogens with one attached hydrogen (secondary N) is 2. The van der Waals surface area contributed by atoms with Crippen molar-refractivity contribution in [2.75, 3.05) is 26.4 Å². The molecule has 2 N–H and O–H groups in total. The first-order valence-corrected chi connectivity index (χ1v) is 9.26. The average Bonchev–Trinajstić information content (AvgIpc) is 2.52. The Morgan fingerprint density at radius 2 is 1.15 bits per heavy atom. The molecule has 0 aliphatic carbocycles. The van der Waals surface area contributed by atoms with Crippen molar-refractivity contribution in [2.24, 2.45) is 10.8 Å². The third-order valence-corrected chi connectivity index (χ3v) is 4.13. The van der Waals surface area contributed by atoms with Crippen LogP contribution in [0.5, 0.6) is 0 Å². The molecule has 0 atom stereocenters. The molecule has 0 fully saturated rings. The summed E-state index contributed by atoms with van der Waals surface area (Å²) < 4.78 is 11.2. The topological polar surface area (TPSA) is 76.7 Å². The summed E-state index contributed by atoms with van der Waals surface area (Å²) in [5.74, 6) is -0.286. The van der Waals surface area contributed by atoms with Crippen LogP contribution in [-0.4, -0.2) is 38.2 Å². The zero-order valence-corrected chi connectivity index (χ0v) is 17.2. The summed E-state index contributed by atoms with van der Waals surface area (Å²) >= 11 is 0. The SMILES string of the molecule is C#CNC(=O)CC(C)(C)CCOCCCOCCC(C)(C)CC(=O)NC#C. The maximum atomic E-state index is 11.5. The largest absolute Gasteiger partial charge is 0.381 e. The van der Waals surface area contributed by atoms with Gasteiger partial charge in [0.2, 0.25) is 11.8 Å². The number of carbonyl (C=O) groups excluding carboxylic acids is 2. The van der Waals surface area contributed by atoms with Crippen molar-refractivity contribution < 1.29 is 19.1 Å². The van der Waals surface area contributed by atoms with E-state index in [1.807, 2.05) is 27.7 Å². The number of amides is 2. The summed E-state index contributed by atoms with van der Waals surface area (Å²) in [5.41, 5.74) is -0.316. The predicted octanol–water partition coefficient (Wildman–Crippen LogP) is 2.44. The van der Waals surface area contributed by atoms with Gasteiger partial charge in [-0.3, -0.25) is 20.2 Å². The van der Waals surface area contributed by atoms with E-state index in [2.05, 4.69) is 22.7 Å². The van der Waals surface area contributed by atoms with Gasteiger partial charge < -0.3 is 9.47 Å². The van der Waals surface area contributed by atoms with Crippen molar-refractivity contribution >= 4 is 11.8 Å². The molecule has 0 unspecified atom stereocenters. The summed E-state index contributed by atoms with van der Waals surface area (Å²) in [7, 11) is 0. The van der Waals surface area contributed by atoms with E-state index >= 15 is 0 Å². The summed E-state index contributed by atoms with van der Waals surface area (Å²) in [6.45, 7) is 10.5. The first-order valence-electron chi connectivity index (χ1n) is 9.26. The second kappa shape index (κ2) is 13.2. The fourth-order valence-corrected chi connectivity index (χ4v) is 2.46. The van der Waals surface area contributed by atoms with Gasteiger partial charge in [0, 0.05) is 51.4 Å². The lowest BCUT2D eigenvalue weighted by atomic mass is 9.86. The van der Waals surface area contributed by atoms with E-state index in [-0.39, 0.29) is 22.6 Å². The van der Waals surface area contributed by atoms with Crippen molar-refractivity contribution in [1.82, 2.24) is 10.6 Å². The van der Waals surface area contributed by atoms with Crippen molar-refractivity contribution in [2.45, 2.75) is 59.8 Å². The molecule has 6 nitrogen and oxygen atoms in total. The van der Waals surface area contributed by atoms with E-state index in [1.165, 1.54) is 0 Å². The molecular weight excluding hydrogens is 344 g/mol. The molecule has 0 heterocycles. The van der Waals surface area contributed by atoms with E-state index in [4.69, 9.17) is 22.3 Å². The Balaban J connectivity index is 3.70. The monoisotopic (exact) mass is 378 g/mol. The second-order valence-electron chi connectivity index (χ2n) is 8.15. The van der Waals surface area contributed by atoms with Crippen LogP contribution in [0.3, 0.4) is 0 Å². The zero-order chi connectivity index (χ0) is 20.8. The molecule has 0 rings (SSSR count). The summed E-state index contributed by atoms with van der Waals surface area (Å²) in [6, 6.07) is 4.28. The molecule has 0 saturated heterocycles. The molecule has 0 aromatic carbocycles. The Bertz CT molecular complexity index is 493.